The number of morpholine rings is 1. The van der Waals surface area contributed by atoms with Crippen LogP contribution in [0, 0.1) is 0 Å². The van der Waals surface area contributed by atoms with E-state index in [9.17, 15) is 4.79 Å². The number of carbonyl (C=O) groups is 1. The third kappa shape index (κ3) is 4.85. The molecule has 0 spiro atoms. The van der Waals surface area contributed by atoms with E-state index in [-0.39, 0.29) is 12.0 Å². The molecule has 1 fully saturated rings. The standard InChI is InChI=1S/C24H24N6O2S/c25-18-4-1-2-5-19(18)27-23(31)17-9-7-16(8-10-17)15-33-24-28-22(21-14-26-11-13-32-21)20-6-3-12-30(20)29-24/h1-10,12,21,26H,11,13-15,25H2,(H,27,31). The van der Waals surface area contributed by atoms with E-state index in [1.165, 1.54) is 0 Å². The van der Waals surface area contributed by atoms with Crippen LogP contribution in [-0.4, -0.2) is 40.2 Å². The second kappa shape index (κ2) is 9.62. The molecule has 4 aromatic rings. The lowest BCUT2D eigenvalue weighted by Crippen LogP contribution is -2.34. The summed E-state index contributed by atoms with van der Waals surface area (Å²) in [6.07, 6.45) is 1.84. The van der Waals surface area contributed by atoms with E-state index < -0.39 is 0 Å². The van der Waals surface area contributed by atoms with Gasteiger partial charge in [0.05, 0.1) is 29.2 Å². The van der Waals surface area contributed by atoms with Gasteiger partial charge in [-0.15, -0.1) is 5.10 Å². The van der Waals surface area contributed by atoms with Crippen molar-refractivity contribution in [1.29, 1.82) is 0 Å². The molecule has 1 unspecified atom stereocenters. The number of hydrogen-bond acceptors (Lipinski definition) is 7. The lowest BCUT2D eigenvalue weighted by molar-refractivity contribution is 0.0252. The highest BCUT2D eigenvalue weighted by atomic mass is 32.2. The van der Waals surface area contributed by atoms with E-state index in [2.05, 4.69) is 15.7 Å². The first-order chi connectivity index (χ1) is 16.2. The molecule has 0 radical (unpaired) electrons. The Balaban J connectivity index is 1.27. The third-order valence-corrected chi connectivity index (χ3v) is 6.33. The second-order valence-corrected chi connectivity index (χ2v) is 8.65. The Kier molecular flexibility index (Phi) is 6.25. The van der Waals surface area contributed by atoms with Crippen molar-refractivity contribution < 1.29 is 9.53 Å². The number of nitrogens with two attached hydrogens (primary N) is 1. The summed E-state index contributed by atoms with van der Waals surface area (Å²) >= 11 is 1.55. The van der Waals surface area contributed by atoms with Crippen LogP contribution in [0.1, 0.15) is 27.7 Å². The van der Waals surface area contributed by atoms with Gasteiger partial charge in [0.15, 0.2) is 0 Å². The molecule has 5 rings (SSSR count). The Hall–Kier alpha value is -3.40. The fourth-order valence-corrected chi connectivity index (χ4v) is 4.48. The number of fused-ring (bicyclic) bond motifs is 1. The number of nitrogens with one attached hydrogen (secondary N) is 2. The predicted molar refractivity (Wildman–Crippen MR) is 129 cm³/mol. The fourth-order valence-electron chi connectivity index (χ4n) is 3.68. The first-order valence-electron chi connectivity index (χ1n) is 10.7. The molecule has 33 heavy (non-hydrogen) atoms. The molecule has 1 atom stereocenters. The Labute approximate surface area is 195 Å². The average molecular weight is 461 g/mol. The molecule has 1 saturated heterocycles. The summed E-state index contributed by atoms with van der Waals surface area (Å²) in [5, 5.41) is 11.5. The molecule has 2 aromatic heterocycles. The molecule has 9 heteroatoms. The minimum Gasteiger partial charge on any atom is -0.397 e. The molecule has 1 amide bonds. The number of para-hydroxylation sites is 2. The van der Waals surface area contributed by atoms with Gasteiger partial charge in [-0.2, -0.15) is 0 Å². The first kappa shape index (κ1) is 21.4. The highest BCUT2D eigenvalue weighted by Gasteiger charge is 2.21. The Morgan fingerprint density at radius 2 is 2.03 bits per heavy atom. The van der Waals surface area contributed by atoms with Crippen molar-refractivity contribution in [3.63, 3.8) is 0 Å². The average Bonchev–Trinajstić information content (AvgIpc) is 3.33. The molecule has 3 heterocycles. The second-order valence-electron chi connectivity index (χ2n) is 7.71. The van der Waals surface area contributed by atoms with Crippen LogP contribution in [0.3, 0.4) is 0 Å². The smallest absolute Gasteiger partial charge is 0.255 e. The largest absolute Gasteiger partial charge is 0.397 e. The van der Waals surface area contributed by atoms with E-state index in [1.54, 1.807) is 23.9 Å². The Morgan fingerprint density at radius 1 is 1.18 bits per heavy atom. The number of thioether (sulfide) groups is 1. The zero-order valence-electron chi connectivity index (χ0n) is 17.9. The van der Waals surface area contributed by atoms with Gasteiger partial charge in [-0.1, -0.05) is 36.0 Å². The molecule has 0 bridgehead atoms. The van der Waals surface area contributed by atoms with Crippen molar-refractivity contribution in [2.45, 2.75) is 17.0 Å². The van der Waals surface area contributed by atoms with Gasteiger partial charge in [0.1, 0.15) is 6.10 Å². The lowest BCUT2D eigenvalue weighted by atomic mass is 10.1. The number of nitrogens with zero attached hydrogens (tertiary/aromatic N) is 3. The molecule has 4 N–H and O–H groups in total. The maximum atomic E-state index is 12.5. The monoisotopic (exact) mass is 460 g/mol. The van der Waals surface area contributed by atoms with Gasteiger partial charge in [0, 0.05) is 30.6 Å². The quantitative estimate of drug-likeness (QED) is 0.299. The van der Waals surface area contributed by atoms with E-state index in [0.29, 0.717) is 34.5 Å². The normalized spacial score (nSPS) is 16.1. The lowest BCUT2D eigenvalue weighted by Gasteiger charge is -2.23. The van der Waals surface area contributed by atoms with Gasteiger partial charge in [0.2, 0.25) is 5.16 Å². The van der Waals surface area contributed by atoms with Crippen molar-refractivity contribution in [3.8, 4) is 0 Å². The SMILES string of the molecule is Nc1ccccc1NC(=O)c1ccc(CSc2nc(C3CNCCO3)c3cccn3n2)cc1. The van der Waals surface area contributed by atoms with Crippen LogP contribution in [0.4, 0.5) is 11.4 Å². The fraction of sp³-hybridized carbons (Fsp3) is 0.208. The van der Waals surface area contributed by atoms with Crippen LogP contribution in [0.15, 0.2) is 72.0 Å². The summed E-state index contributed by atoms with van der Waals surface area (Å²) < 4.78 is 7.78. The molecular formula is C24H24N6O2S. The molecule has 1 aliphatic rings. The molecule has 8 nitrogen and oxygen atoms in total. The highest BCUT2D eigenvalue weighted by Crippen LogP contribution is 2.26. The predicted octanol–water partition coefficient (Wildman–Crippen LogP) is 3.52. The number of carbonyl (C=O) groups excluding carboxylic acids is 1. The van der Waals surface area contributed by atoms with Crippen molar-refractivity contribution in [3.05, 3.63) is 83.7 Å². The molecule has 168 valence electrons. The molecule has 2 aromatic carbocycles. The van der Waals surface area contributed by atoms with Gasteiger partial charge >= 0.3 is 0 Å². The summed E-state index contributed by atoms with van der Waals surface area (Å²) in [4.78, 5) is 17.3. The number of amides is 1. The number of nitrogen functional groups attached to an aromatic ring is 1. The maximum absolute atomic E-state index is 12.5. The molecule has 0 saturated carbocycles. The number of aromatic nitrogens is 3. The summed E-state index contributed by atoms with van der Waals surface area (Å²) in [6, 6.07) is 18.7. The third-order valence-electron chi connectivity index (χ3n) is 5.43. The Bertz CT molecular complexity index is 1270. The summed E-state index contributed by atoms with van der Waals surface area (Å²) in [5.41, 5.74) is 10.6. The van der Waals surface area contributed by atoms with E-state index in [4.69, 9.17) is 15.5 Å². The zero-order chi connectivity index (χ0) is 22.6. The number of rotatable bonds is 6. The number of hydrogen-bond donors (Lipinski definition) is 3. The van der Waals surface area contributed by atoms with Crippen LogP contribution in [0.2, 0.25) is 0 Å². The topological polar surface area (TPSA) is 107 Å². The summed E-state index contributed by atoms with van der Waals surface area (Å²) in [6.45, 7) is 2.26. The summed E-state index contributed by atoms with van der Waals surface area (Å²) in [7, 11) is 0. The molecule has 0 aliphatic carbocycles. The highest BCUT2D eigenvalue weighted by molar-refractivity contribution is 7.98. The van der Waals surface area contributed by atoms with Gasteiger partial charge in [-0.3, -0.25) is 4.79 Å². The zero-order valence-corrected chi connectivity index (χ0v) is 18.7. The van der Waals surface area contributed by atoms with Crippen molar-refractivity contribution in [1.82, 2.24) is 19.9 Å². The number of anilines is 2. The summed E-state index contributed by atoms with van der Waals surface area (Å²) in [5.74, 6) is 0.489. The van der Waals surface area contributed by atoms with Gasteiger partial charge in [-0.05, 0) is 42.0 Å². The maximum Gasteiger partial charge on any atom is 0.255 e. The molecule has 1 aliphatic heterocycles. The van der Waals surface area contributed by atoms with Gasteiger partial charge in [0.25, 0.3) is 5.91 Å². The minimum atomic E-state index is -0.195. The molecular weight excluding hydrogens is 436 g/mol. The van der Waals surface area contributed by atoms with Crippen molar-refractivity contribution >= 4 is 34.6 Å². The van der Waals surface area contributed by atoms with Crippen LogP contribution in [0.5, 0.6) is 0 Å². The number of benzene rings is 2. The van der Waals surface area contributed by atoms with Crippen molar-refractivity contribution in [2.24, 2.45) is 0 Å². The van der Waals surface area contributed by atoms with Gasteiger partial charge in [-0.25, -0.2) is 9.50 Å². The minimum absolute atomic E-state index is 0.0880. The van der Waals surface area contributed by atoms with Crippen LogP contribution in [-0.2, 0) is 10.5 Å². The van der Waals surface area contributed by atoms with Gasteiger partial charge < -0.3 is 21.1 Å². The van der Waals surface area contributed by atoms with Crippen LogP contribution < -0.4 is 16.4 Å². The van der Waals surface area contributed by atoms with Crippen LogP contribution >= 0.6 is 11.8 Å². The Morgan fingerprint density at radius 3 is 2.82 bits per heavy atom. The first-order valence-corrected chi connectivity index (χ1v) is 11.7. The van der Waals surface area contributed by atoms with E-state index >= 15 is 0 Å². The number of ether oxygens (including phenoxy) is 1. The van der Waals surface area contributed by atoms with E-state index in [1.807, 2.05) is 59.2 Å². The van der Waals surface area contributed by atoms with E-state index in [0.717, 1.165) is 29.9 Å². The van der Waals surface area contributed by atoms with Crippen molar-refractivity contribution in [2.75, 3.05) is 30.7 Å². The van der Waals surface area contributed by atoms with Crippen LogP contribution in [0.25, 0.3) is 5.52 Å².